The van der Waals surface area contributed by atoms with Gasteiger partial charge in [-0.25, -0.2) is 30.7 Å². The van der Waals surface area contributed by atoms with Crippen LogP contribution in [0, 0.1) is 52.1 Å². The second-order valence-electron chi connectivity index (χ2n) is 3.87. The molecule has 0 aromatic heterocycles. The molecule has 0 fully saturated rings. The van der Waals surface area contributed by atoms with Gasteiger partial charge in [-0.3, -0.25) is 0 Å². The van der Waals surface area contributed by atoms with E-state index in [1.54, 1.807) is 0 Å². The minimum absolute atomic E-state index is 0.187. The van der Waals surface area contributed by atoms with Crippen LogP contribution in [0.1, 0.15) is 5.56 Å². The Labute approximate surface area is 112 Å². The molecule has 0 spiro atoms. The number of nitriles is 1. The van der Waals surface area contributed by atoms with Crippen molar-refractivity contribution in [2.45, 2.75) is 0 Å². The van der Waals surface area contributed by atoms with E-state index in [0.717, 1.165) is 0 Å². The molecule has 0 atom stereocenters. The molecule has 2 rings (SSSR count). The van der Waals surface area contributed by atoms with E-state index in [1.807, 2.05) is 0 Å². The molecule has 0 amide bonds. The third kappa shape index (κ3) is 2.20. The van der Waals surface area contributed by atoms with Crippen LogP contribution < -0.4 is 0 Å². The van der Waals surface area contributed by atoms with E-state index >= 15 is 0 Å². The molecule has 0 radical (unpaired) electrons. The van der Waals surface area contributed by atoms with Crippen LogP contribution in [0.15, 0.2) is 12.1 Å². The summed E-state index contributed by atoms with van der Waals surface area (Å²) in [4.78, 5) is 0. The highest BCUT2D eigenvalue weighted by Crippen LogP contribution is 2.34. The van der Waals surface area contributed by atoms with Crippen molar-refractivity contribution < 1.29 is 30.7 Å². The quantitative estimate of drug-likeness (QED) is 0.440. The molecule has 2 aromatic rings. The molecular formula is C13H2F7N. The lowest BCUT2D eigenvalue weighted by molar-refractivity contribution is 0.381. The lowest BCUT2D eigenvalue weighted by Crippen LogP contribution is -2.05. The van der Waals surface area contributed by atoms with Crippen LogP contribution in [0.3, 0.4) is 0 Å². The summed E-state index contributed by atoms with van der Waals surface area (Å²) in [5.74, 6) is -14.5. The van der Waals surface area contributed by atoms with Gasteiger partial charge in [-0.05, 0) is 12.1 Å². The largest absolute Gasteiger partial charge is 0.204 e. The molecule has 0 unspecified atom stereocenters. The average molecular weight is 305 g/mol. The number of halogens is 7. The van der Waals surface area contributed by atoms with E-state index in [1.165, 1.54) is 6.07 Å². The van der Waals surface area contributed by atoms with Crippen LogP contribution in [0.5, 0.6) is 0 Å². The molecule has 0 saturated heterocycles. The van der Waals surface area contributed by atoms with Crippen molar-refractivity contribution >= 4 is 0 Å². The number of hydrogen-bond donors (Lipinski definition) is 0. The van der Waals surface area contributed by atoms with Gasteiger partial charge in [0.05, 0.1) is 17.2 Å². The van der Waals surface area contributed by atoms with E-state index in [9.17, 15) is 30.7 Å². The summed E-state index contributed by atoms with van der Waals surface area (Å²) in [7, 11) is 0. The molecule has 1 nitrogen and oxygen atoms in total. The average Bonchev–Trinajstić information content (AvgIpc) is 2.46. The zero-order valence-electron chi connectivity index (χ0n) is 9.75. The van der Waals surface area contributed by atoms with Gasteiger partial charge in [0.15, 0.2) is 34.9 Å². The fourth-order valence-electron chi connectivity index (χ4n) is 1.69. The Morgan fingerprint density at radius 2 is 1.10 bits per heavy atom. The van der Waals surface area contributed by atoms with E-state index in [2.05, 4.69) is 0 Å². The van der Waals surface area contributed by atoms with Gasteiger partial charge in [-0.15, -0.1) is 0 Å². The minimum Gasteiger partial charge on any atom is -0.204 e. The summed E-state index contributed by atoms with van der Waals surface area (Å²) >= 11 is 0. The molecule has 108 valence electrons. The number of benzene rings is 2. The highest BCUT2D eigenvalue weighted by molar-refractivity contribution is 5.72. The van der Waals surface area contributed by atoms with Gasteiger partial charge in [0, 0.05) is 5.56 Å². The fraction of sp³-hybridized carbons (Fsp3) is 0. The maximum absolute atomic E-state index is 13.6. The lowest BCUT2D eigenvalue weighted by Gasteiger charge is -2.10. The summed E-state index contributed by atoms with van der Waals surface area (Å²) in [6.07, 6.45) is 0. The van der Waals surface area contributed by atoms with Crippen molar-refractivity contribution in [3.63, 3.8) is 0 Å². The van der Waals surface area contributed by atoms with E-state index in [0.29, 0.717) is 6.07 Å². The SMILES string of the molecule is N#Cc1cc(F)c(F)cc1-c1c(F)c(F)c(F)c(F)c1F. The Kier molecular flexibility index (Phi) is 3.60. The third-order valence-electron chi connectivity index (χ3n) is 2.66. The first kappa shape index (κ1) is 14.8. The molecule has 8 heteroatoms. The van der Waals surface area contributed by atoms with Gasteiger partial charge in [0.2, 0.25) is 5.82 Å². The molecule has 0 saturated carbocycles. The zero-order chi connectivity index (χ0) is 15.9. The van der Waals surface area contributed by atoms with E-state index in [-0.39, 0.29) is 6.07 Å². The van der Waals surface area contributed by atoms with Gasteiger partial charge in [-0.2, -0.15) is 5.26 Å². The molecule has 0 aliphatic heterocycles. The predicted molar refractivity (Wildman–Crippen MR) is 56.3 cm³/mol. The van der Waals surface area contributed by atoms with Gasteiger partial charge >= 0.3 is 0 Å². The van der Waals surface area contributed by atoms with Crippen molar-refractivity contribution in [1.29, 1.82) is 5.26 Å². The lowest BCUT2D eigenvalue weighted by atomic mass is 9.98. The van der Waals surface area contributed by atoms with Crippen molar-refractivity contribution in [3.8, 4) is 17.2 Å². The van der Waals surface area contributed by atoms with Crippen LogP contribution in [0.4, 0.5) is 30.7 Å². The number of nitrogens with zero attached hydrogens (tertiary/aromatic N) is 1. The summed E-state index contributed by atoms with van der Waals surface area (Å²) in [5.41, 5.74) is -3.22. The molecule has 2 aromatic carbocycles. The summed E-state index contributed by atoms with van der Waals surface area (Å²) in [6, 6.07) is 1.77. The smallest absolute Gasteiger partial charge is 0.200 e. The Balaban J connectivity index is 2.93. The van der Waals surface area contributed by atoms with Crippen LogP contribution in [-0.4, -0.2) is 0 Å². The monoisotopic (exact) mass is 305 g/mol. The maximum atomic E-state index is 13.6. The molecule has 0 N–H and O–H groups in total. The number of rotatable bonds is 1. The molecule has 0 bridgehead atoms. The zero-order valence-corrected chi connectivity index (χ0v) is 9.75. The predicted octanol–water partition coefficient (Wildman–Crippen LogP) is 4.20. The second kappa shape index (κ2) is 5.09. The van der Waals surface area contributed by atoms with Crippen LogP contribution >= 0.6 is 0 Å². The third-order valence-corrected chi connectivity index (χ3v) is 2.66. The van der Waals surface area contributed by atoms with Crippen LogP contribution in [0.25, 0.3) is 11.1 Å². The van der Waals surface area contributed by atoms with E-state index in [4.69, 9.17) is 5.26 Å². The molecule has 0 heterocycles. The highest BCUT2D eigenvalue weighted by Gasteiger charge is 2.28. The first-order chi connectivity index (χ1) is 9.79. The Morgan fingerprint density at radius 3 is 1.57 bits per heavy atom. The molecule has 21 heavy (non-hydrogen) atoms. The molecule has 0 aliphatic carbocycles. The number of hydrogen-bond acceptors (Lipinski definition) is 1. The second-order valence-corrected chi connectivity index (χ2v) is 3.87. The fourth-order valence-corrected chi connectivity index (χ4v) is 1.69. The summed E-state index contributed by atoms with van der Waals surface area (Å²) in [6.45, 7) is 0. The van der Waals surface area contributed by atoms with Crippen molar-refractivity contribution in [2.75, 3.05) is 0 Å². The Morgan fingerprint density at radius 1 is 0.667 bits per heavy atom. The first-order valence-corrected chi connectivity index (χ1v) is 5.20. The maximum Gasteiger partial charge on any atom is 0.200 e. The van der Waals surface area contributed by atoms with E-state index < -0.39 is 57.4 Å². The molecular weight excluding hydrogens is 303 g/mol. The van der Waals surface area contributed by atoms with Gasteiger partial charge in [-0.1, -0.05) is 0 Å². The van der Waals surface area contributed by atoms with Crippen molar-refractivity contribution in [3.05, 3.63) is 58.4 Å². The Hall–Kier alpha value is -2.56. The topological polar surface area (TPSA) is 23.8 Å². The standard InChI is InChI=1S/C13H2F7N/c14-6-1-4(3-21)5(2-7(6)15)8-9(16)11(18)13(20)12(19)10(8)17/h1-2H. The normalized spacial score (nSPS) is 10.6. The van der Waals surface area contributed by atoms with Gasteiger partial charge in [0.1, 0.15) is 0 Å². The van der Waals surface area contributed by atoms with Crippen molar-refractivity contribution in [1.82, 2.24) is 0 Å². The van der Waals surface area contributed by atoms with Crippen LogP contribution in [-0.2, 0) is 0 Å². The first-order valence-electron chi connectivity index (χ1n) is 5.20. The van der Waals surface area contributed by atoms with Gasteiger partial charge in [0.25, 0.3) is 0 Å². The van der Waals surface area contributed by atoms with Crippen LogP contribution in [0.2, 0.25) is 0 Å². The highest BCUT2D eigenvalue weighted by atomic mass is 19.2. The Bertz CT molecular complexity index is 763. The molecule has 0 aliphatic rings. The minimum atomic E-state index is -2.39. The summed E-state index contributed by atoms with van der Waals surface area (Å²) < 4.78 is 92.4. The summed E-state index contributed by atoms with van der Waals surface area (Å²) in [5, 5.41) is 8.72. The van der Waals surface area contributed by atoms with Crippen molar-refractivity contribution in [2.24, 2.45) is 0 Å². The van der Waals surface area contributed by atoms with Gasteiger partial charge < -0.3 is 0 Å².